The van der Waals surface area contributed by atoms with E-state index in [0.29, 0.717) is 0 Å². The molecule has 1 aliphatic rings. The normalized spacial score (nSPS) is 12.8. The Bertz CT molecular complexity index is 1380. The summed E-state index contributed by atoms with van der Waals surface area (Å²) in [6.45, 7) is 0. The Morgan fingerprint density at radius 1 is 0.867 bits per heavy atom. The third-order valence-corrected chi connectivity index (χ3v) is 7.27. The van der Waals surface area contributed by atoms with Crippen LogP contribution >= 0.6 is 45.9 Å². The van der Waals surface area contributed by atoms with Crippen molar-refractivity contribution in [1.29, 1.82) is 0 Å². The average molecular weight is 466 g/mol. The van der Waals surface area contributed by atoms with Crippen molar-refractivity contribution in [2.45, 2.75) is 0 Å². The van der Waals surface area contributed by atoms with Gasteiger partial charge in [-0.25, -0.2) is 4.98 Å². The third-order valence-electron chi connectivity index (χ3n) is 4.52. The number of aromatic nitrogens is 1. The minimum atomic E-state index is -0.340. The van der Waals surface area contributed by atoms with Crippen molar-refractivity contribution in [1.82, 2.24) is 4.98 Å². The molecule has 1 aliphatic carbocycles. The highest BCUT2D eigenvalue weighted by Crippen LogP contribution is 2.36. The first-order chi connectivity index (χ1) is 14.5. The number of carbonyl (C=O) groups is 2. The van der Waals surface area contributed by atoms with Crippen LogP contribution in [0.4, 0.5) is 0 Å². The van der Waals surface area contributed by atoms with Gasteiger partial charge in [-0.15, -0.1) is 22.7 Å². The lowest BCUT2D eigenvalue weighted by Gasteiger charge is -1.98. The molecule has 5 rings (SSSR count). The smallest absolute Gasteiger partial charge is 0.197 e. The van der Waals surface area contributed by atoms with Crippen molar-refractivity contribution in [3.63, 3.8) is 0 Å². The van der Waals surface area contributed by atoms with Crippen molar-refractivity contribution in [3.8, 4) is 11.8 Å². The summed E-state index contributed by atoms with van der Waals surface area (Å²) in [6.07, 6.45) is 1.61. The summed E-state index contributed by atoms with van der Waals surface area (Å²) in [6, 6.07) is 14.5. The highest BCUT2D eigenvalue weighted by Gasteiger charge is 2.34. The molecule has 2 aromatic carbocycles. The minimum absolute atomic E-state index is 0.112. The number of halogens is 2. The Labute approximate surface area is 189 Å². The quantitative estimate of drug-likeness (QED) is 0.182. The molecule has 30 heavy (non-hydrogen) atoms. The molecule has 0 radical (unpaired) electrons. The number of thiazole rings is 1. The maximum Gasteiger partial charge on any atom is 0.197 e. The second-order valence-corrected chi connectivity index (χ2v) is 9.39. The molecule has 0 amide bonds. The van der Waals surface area contributed by atoms with E-state index < -0.39 is 0 Å². The average Bonchev–Trinajstić information content (AvgIpc) is 3.35. The van der Waals surface area contributed by atoms with Crippen LogP contribution in [0.1, 0.15) is 36.2 Å². The van der Waals surface area contributed by atoms with Crippen LogP contribution in [0.3, 0.4) is 0 Å². The van der Waals surface area contributed by atoms with Gasteiger partial charge in [-0.2, -0.15) is 0 Å². The zero-order valence-electron chi connectivity index (χ0n) is 15.0. The van der Waals surface area contributed by atoms with Gasteiger partial charge in [0.15, 0.2) is 16.6 Å². The van der Waals surface area contributed by atoms with E-state index in [2.05, 4.69) is 16.8 Å². The summed E-state index contributed by atoms with van der Waals surface area (Å²) in [4.78, 5) is 31.5. The molecule has 0 aliphatic heterocycles. The zero-order valence-corrected chi connectivity index (χ0v) is 18.2. The van der Waals surface area contributed by atoms with Crippen LogP contribution < -0.4 is 0 Å². The Morgan fingerprint density at radius 3 is 2.17 bits per heavy atom. The number of rotatable bonds is 1. The topological polar surface area (TPSA) is 47.0 Å². The predicted octanol–water partition coefficient (Wildman–Crippen LogP) is 6.53. The van der Waals surface area contributed by atoms with Crippen LogP contribution in [0.25, 0.3) is 15.6 Å². The Kier molecular flexibility index (Phi) is 4.80. The molecule has 0 saturated heterocycles. The van der Waals surface area contributed by atoms with Crippen molar-refractivity contribution >= 4 is 73.0 Å². The Hall–Kier alpha value is -2.75. The zero-order chi connectivity index (χ0) is 20.8. The molecular formula is C23H9Cl2NO2S2. The van der Waals surface area contributed by atoms with Gasteiger partial charge in [0, 0.05) is 21.6 Å². The first-order valence-electron chi connectivity index (χ1n) is 8.77. The number of nitrogens with zero attached hydrogens (tertiary/aromatic N) is 1. The molecular weight excluding hydrogens is 457 g/mol. The SMILES string of the molecule is O=C1C(=Cc2cc3sc(C#Cc4ccccc4)nc3s2)C(=O)c2cc(Cl)c(Cl)cc21. The van der Waals surface area contributed by atoms with Crippen LogP contribution in [0.5, 0.6) is 0 Å². The molecule has 2 heterocycles. The van der Waals surface area contributed by atoms with Crippen LogP contribution in [0.15, 0.2) is 54.1 Å². The van der Waals surface area contributed by atoms with Gasteiger partial charge in [0.05, 0.1) is 20.3 Å². The third kappa shape index (κ3) is 3.38. The van der Waals surface area contributed by atoms with Gasteiger partial charge in [-0.05, 0) is 42.3 Å². The number of benzene rings is 2. The monoisotopic (exact) mass is 465 g/mol. The van der Waals surface area contributed by atoms with Gasteiger partial charge in [-0.3, -0.25) is 9.59 Å². The van der Waals surface area contributed by atoms with Crippen molar-refractivity contribution in [3.05, 3.63) is 90.7 Å². The van der Waals surface area contributed by atoms with E-state index in [-0.39, 0.29) is 38.3 Å². The van der Waals surface area contributed by atoms with Crippen LogP contribution in [-0.2, 0) is 0 Å². The molecule has 0 spiro atoms. The fourth-order valence-corrected chi connectivity index (χ4v) is 5.46. The molecule has 0 fully saturated rings. The van der Waals surface area contributed by atoms with Gasteiger partial charge >= 0.3 is 0 Å². The molecule has 2 aromatic heterocycles. The van der Waals surface area contributed by atoms with E-state index in [4.69, 9.17) is 23.2 Å². The molecule has 0 bridgehead atoms. The first kappa shape index (κ1) is 19.2. The molecule has 0 unspecified atom stereocenters. The Balaban J connectivity index is 1.46. The highest BCUT2D eigenvalue weighted by molar-refractivity contribution is 7.27. The van der Waals surface area contributed by atoms with Crippen molar-refractivity contribution in [2.75, 3.05) is 0 Å². The summed E-state index contributed by atoms with van der Waals surface area (Å²) in [5, 5.41) is 1.23. The second kappa shape index (κ2) is 7.50. The number of hydrogen-bond donors (Lipinski definition) is 0. The number of hydrogen-bond acceptors (Lipinski definition) is 5. The van der Waals surface area contributed by atoms with Gasteiger partial charge < -0.3 is 0 Å². The van der Waals surface area contributed by atoms with E-state index in [9.17, 15) is 9.59 Å². The van der Waals surface area contributed by atoms with E-state index >= 15 is 0 Å². The predicted molar refractivity (Wildman–Crippen MR) is 123 cm³/mol. The summed E-state index contributed by atoms with van der Waals surface area (Å²) >= 11 is 14.9. The summed E-state index contributed by atoms with van der Waals surface area (Å²) in [7, 11) is 0. The Morgan fingerprint density at radius 2 is 1.53 bits per heavy atom. The number of fused-ring (bicyclic) bond motifs is 2. The molecule has 7 heteroatoms. The van der Waals surface area contributed by atoms with Crippen LogP contribution in [0.2, 0.25) is 10.0 Å². The number of allylic oxidation sites excluding steroid dienone is 1. The highest BCUT2D eigenvalue weighted by atomic mass is 35.5. The van der Waals surface area contributed by atoms with Gasteiger partial charge in [0.25, 0.3) is 0 Å². The van der Waals surface area contributed by atoms with E-state index in [0.717, 1.165) is 25.0 Å². The van der Waals surface area contributed by atoms with E-state index in [1.54, 1.807) is 6.08 Å². The fourth-order valence-electron chi connectivity index (χ4n) is 3.11. The van der Waals surface area contributed by atoms with Gasteiger partial charge in [-0.1, -0.05) is 47.3 Å². The molecule has 4 aromatic rings. The van der Waals surface area contributed by atoms with Crippen LogP contribution in [0, 0.1) is 11.8 Å². The lowest BCUT2D eigenvalue weighted by atomic mass is 10.1. The van der Waals surface area contributed by atoms with E-state index in [1.165, 1.54) is 34.8 Å². The lowest BCUT2D eigenvalue weighted by molar-refractivity contribution is 0.0990. The molecule has 0 N–H and O–H groups in total. The fraction of sp³-hybridized carbons (Fsp3) is 0. The summed E-state index contributed by atoms with van der Waals surface area (Å²) in [5.41, 5.74) is 1.62. The first-order valence-corrected chi connectivity index (χ1v) is 11.2. The number of ketones is 2. The summed E-state index contributed by atoms with van der Waals surface area (Å²) < 4.78 is 0.964. The maximum absolute atomic E-state index is 12.7. The number of Topliss-reactive ketones (excluding diaryl/α,β-unsaturated/α-hetero) is 2. The maximum atomic E-state index is 12.7. The second-order valence-electron chi connectivity index (χ2n) is 6.48. The van der Waals surface area contributed by atoms with Crippen LogP contribution in [-0.4, -0.2) is 16.6 Å². The molecule has 144 valence electrons. The van der Waals surface area contributed by atoms with Crippen molar-refractivity contribution in [2.24, 2.45) is 0 Å². The minimum Gasteiger partial charge on any atom is -0.288 e. The molecule has 0 atom stereocenters. The number of thiophene rings is 1. The lowest BCUT2D eigenvalue weighted by Crippen LogP contribution is -1.99. The molecule has 0 saturated carbocycles. The molecule has 3 nitrogen and oxygen atoms in total. The number of carbonyl (C=O) groups excluding carboxylic acids is 2. The van der Waals surface area contributed by atoms with E-state index in [1.807, 2.05) is 36.4 Å². The largest absolute Gasteiger partial charge is 0.288 e. The summed E-state index contributed by atoms with van der Waals surface area (Å²) in [5.74, 6) is 5.50. The standard InChI is InChI=1S/C23H9Cl2NO2S2/c24-17-10-14-15(11-18(17)25)22(28)16(21(14)27)8-13-9-19-23(29-13)26-20(30-19)7-6-12-4-2-1-3-5-12/h1-5,8-11H. The van der Waals surface area contributed by atoms with Gasteiger partial charge in [0.1, 0.15) is 4.83 Å². The van der Waals surface area contributed by atoms with Gasteiger partial charge in [0.2, 0.25) is 0 Å². The van der Waals surface area contributed by atoms with Crippen molar-refractivity contribution < 1.29 is 9.59 Å².